The Balaban J connectivity index is 2.09. The number of nitrogens with one attached hydrogen (secondary N) is 1. The summed E-state index contributed by atoms with van der Waals surface area (Å²) in [6.45, 7) is 9.05. The van der Waals surface area contributed by atoms with Crippen LogP contribution in [-0.2, 0) is 26.2 Å². The minimum Gasteiger partial charge on any atom is -0.352 e. The highest BCUT2D eigenvalue weighted by atomic mass is 35.5. The van der Waals surface area contributed by atoms with Crippen molar-refractivity contribution in [3.05, 3.63) is 94.5 Å². The lowest BCUT2D eigenvalue weighted by Crippen LogP contribution is -2.53. The van der Waals surface area contributed by atoms with Gasteiger partial charge in [0.2, 0.25) is 11.8 Å². The summed E-state index contributed by atoms with van der Waals surface area (Å²) < 4.78 is 29.0. The fourth-order valence-corrected chi connectivity index (χ4v) is 6.13. The van der Waals surface area contributed by atoms with Crippen molar-refractivity contribution in [1.82, 2.24) is 10.2 Å². The molecule has 3 aromatic carbocycles. The number of rotatable bonds is 12. The maximum absolute atomic E-state index is 14.2. The molecule has 0 bridgehead atoms. The molecule has 0 aliphatic heterocycles. The van der Waals surface area contributed by atoms with E-state index in [1.54, 1.807) is 43.3 Å². The Hall–Kier alpha value is -3.36. The molecule has 3 aromatic rings. The number of benzene rings is 3. The molecule has 0 aliphatic rings. The molecule has 214 valence electrons. The minimum atomic E-state index is -4.15. The van der Waals surface area contributed by atoms with Crippen LogP contribution in [0.15, 0.2) is 77.7 Å². The van der Waals surface area contributed by atoms with Gasteiger partial charge < -0.3 is 10.2 Å². The first-order valence-electron chi connectivity index (χ1n) is 13.5. The molecule has 0 saturated heterocycles. The van der Waals surface area contributed by atoms with Gasteiger partial charge in [-0.1, -0.05) is 79.5 Å². The number of carbonyl (C=O) groups is 2. The van der Waals surface area contributed by atoms with Crippen molar-refractivity contribution in [2.75, 3.05) is 10.8 Å². The van der Waals surface area contributed by atoms with E-state index in [-0.39, 0.29) is 23.4 Å². The van der Waals surface area contributed by atoms with Crippen LogP contribution in [0.25, 0.3) is 0 Å². The third-order valence-electron chi connectivity index (χ3n) is 6.94. The molecule has 0 aliphatic carbocycles. The van der Waals surface area contributed by atoms with E-state index < -0.39 is 28.5 Å². The molecule has 1 N–H and O–H groups in total. The van der Waals surface area contributed by atoms with Gasteiger partial charge in [0.25, 0.3) is 10.0 Å². The monoisotopic (exact) mass is 583 g/mol. The van der Waals surface area contributed by atoms with E-state index in [0.717, 1.165) is 21.9 Å². The Morgan fingerprint density at radius 1 is 0.925 bits per heavy atom. The molecule has 0 fully saturated rings. The number of nitrogens with zero attached hydrogens (tertiary/aromatic N) is 2. The fourth-order valence-electron chi connectivity index (χ4n) is 4.47. The van der Waals surface area contributed by atoms with Crippen molar-refractivity contribution in [1.29, 1.82) is 0 Å². The van der Waals surface area contributed by atoms with Gasteiger partial charge in [-0.2, -0.15) is 0 Å². The fraction of sp³-hybridized carbons (Fsp3) is 0.355. The molecule has 2 atom stereocenters. The maximum atomic E-state index is 14.2. The SMILES string of the molecule is CC[C@H](C)NC(=O)[C@H](CC)N(Cc1cccc(C)c1)C(=O)CN(c1cccc(Cl)c1C)S(=O)(=O)c1ccccc1. The van der Waals surface area contributed by atoms with Crippen LogP contribution in [0.1, 0.15) is 50.3 Å². The number of hydrogen-bond acceptors (Lipinski definition) is 4. The van der Waals surface area contributed by atoms with Gasteiger partial charge in [-0.25, -0.2) is 8.42 Å². The van der Waals surface area contributed by atoms with Gasteiger partial charge >= 0.3 is 0 Å². The summed E-state index contributed by atoms with van der Waals surface area (Å²) in [6.07, 6.45) is 1.10. The topological polar surface area (TPSA) is 86.8 Å². The molecular formula is C31H38ClN3O4S. The lowest BCUT2D eigenvalue weighted by atomic mass is 10.1. The summed E-state index contributed by atoms with van der Waals surface area (Å²) in [6, 6.07) is 19.8. The number of halogens is 1. The minimum absolute atomic E-state index is 0.0500. The highest BCUT2D eigenvalue weighted by Crippen LogP contribution is 2.31. The molecule has 3 rings (SSSR count). The van der Waals surface area contributed by atoms with Gasteiger partial charge in [-0.15, -0.1) is 0 Å². The Kier molecular flexibility index (Phi) is 10.8. The predicted molar refractivity (Wildman–Crippen MR) is 161 cm³/mol. The summed E-state index contributed by atoms with van der Waals surface area (Å²) in [5.41, 5.74) is 2.70. The summed E-state index contributed by atoms with van der Waals surface area (Å²) in [5.74, 6) is -0.763. The molecule has 0 aromatic heterocycles. The zero-order chi connectivity index (χ0) is 29.4. The molecule has 2 amide bonds. The van der Waals surface area contributed by atoms with Crippen LogP contribution in [-0.4, -0.2) is 43.8 Å². The molecule has 0 saturated carbocycles. The summed E-state index contributed by atoms with van der Waals surface area (Å²) in [5, 5.41) is 3.37. The first kappa shape index (κ1) is 31.2. The van der Waals surface area contributed by atoms with Crippen LogP contribution in [0.3, 0.4) is 0 Å². The average molecular weight is 584 g/mol. The van der Waals surface area contributed by atoms with Crippen LogP contribution in [0.2, 0.25) is 5.02 Å². The molecule has 0 spiro atoms. The molecule has 0 heterocycles. The van der Waals surface area contributed by atoms with Gasteiger partial charge in [-0.05, 0) is 69.0 Å². The molecule has 0 unspecified atom stereocenters. The van der Waals surface area contributed by atoms with Crippen LogP contribution < -0.4 is 9.62 Å². The van der Waals surface area contributed by atoms with Gasteiger partial charge in [0.15, 0.2) is 0 Å². The Labute approximate surface area is 243 Å². The number of carbonyl (C=O) groups excluding carboxylic acids is 2. The van der Waals surface area contributed by atoms with Crippen molar-refractivity contribution in [2.24, 2.45) is 0 Å². The average Bonchev–Trinajstić information content (AvgIpc) is 2.93. The zero-order valence-corrected chi connectivity index (χ0v) is 25.3. The lowest BCUT2D eigenvalue weighted by molar-refractivity contribution is -0.140. The third-order valence-corrected chi connectivity index (χ3v) is 9.12. The second-order valence-corrected chi connectivity index (χ2v) is 12.2. The van der Waals surface area contributed by atoms with Crippen molar-refractivity contribution < 1.29 is 18.0 Å². The van der Waals surface area contributed by atoms with Crippen LogP contribution >= 0.6 is 11.6 Å². The number of aryl methyl sites for hydroxylation is 1. The number of amides is 2. The Morgan fingerprint density at radius 2 is 1.60 bits per heavy atom. The van der Waals surface area contributed by atoms with E-state index in [9.17, 15) is 18.0 Å². The maximum Gasteiger partial charge on any atom is 0.264 e. The number of anilines is 1. The smallest absolute Gasteiger partial charge is 0.264 e. The molecular weight excluding hydrogens is 546 g/mol. The molecule has 9 heteroatoms. The summed E-state index contributed by atoms with van der Waals surface area (Å²) in [4.78, 5) is 29.1. The van der Waals surface area contributed by atoms with Gasteiger partial charge in [0.05, 0.1) is 10.6 Å². The van der Waals surface area contributed by atoms with Gasteiger partial charge in [0.1, 0.15) is 12.6 Å². The standard InChI is InChI=1S/C31H38ClN3O4S/c1-6-23(4)33-31(37)28(7-2)34(20-25-14-11-13-22(3)19-25)30(36)21-35(29-18-12-17-27(32)24(29)5)40(38,39)26-15-9-8-10-16-26/h8-19,23,28H,6-7,20-21H2,1-5H3,(H,33,37)/t23-,28-/m0/s1. The van der Waals surface area contributed by atoms with Crippen molar-refractivity contribution in [3.8, 4) is 0 Å². The Morgan fingerprint density at radius 3 is 2.23 bits per heavy atom. The first-order valence-corrected chi connectivity index (χ1v) is 15.3. The van der Waals surface area contributed by atoms with E-state index in [1.165, 1.54) is 17.0 Å². The third kappa shape index (κ3) is 7.43. The van der Waals surface area contributed by atoms with Crippen molar-refractivity contribution >= 4 is 39.1 Å². The summed E-state index contributed by atoms with van der Waals surface area (Å²) >= 11 is 6.38. The van der Waals surface area contributed by atoms with Crippen LogP contribution in [0.5, 0.6) is 0 Å². The summed E-state index contributed by atoms with van der Waals surface area (Å²) in [7, 11) is -4.15. The Bertz CT molecular complexity index is 1430. The van der Waals surface area contributed by atoms with Crippen LogP contribution in [0, 0.1) is 13.8 Å². The second-order valence-electron chi connectivity index (χ2n) is 9.96. The lowest BCUT2D eigenvalue weighted by Gasteiger charge is -2.34. The van der Waals surface area contributed by atoms with E-state index in [0.29, 0.717) is 22.7 Å². The highest BCUT2D eigenvalue weighted by Gasteiger charge is 2.34. The van der Waals surface area contributed by atoms with Gasteiger partial charge in [0, 0.05) is 17.6 Å². The first-order chi connectivity index (χ1) is 19.0. The largest absolute Gasteiger partial charge is 0.352 e. The molecule has 7 nitrogen and oxygen atoms in total. The quantitative estimate of drug-likeness (QED) is 0.289. The van der Waals surface area contributed by atoms with Crippen molar-refractivity contribution in [2.45, 2.75) is 71.0 Å². The van der Waals surface area contributed by atoms with Crippen molar-refractivity contribution in [3.63, 3.8) is 0 Å². The normalized spacial score (nSPS) is 12.8. The van der Waals surface area contributed by atoms with E-state index >= 15 is 0 Å². The van der Waals surface area contributed by atoms with Gasteiger partial charge in [-0.3, -0.25) is 13.9 Å². The number of hydrogen-bond donors (Lipinski definition) is 1. The molecule has 0 radical (unpaired) electrons. The predicted octanol–water partition coefficient (Wildman–Crippen LogP) is 5.87. The van der Waals surface area contributed by atoms with E-state index in [1.807, 2.05) is 52.0 Å². The zero-order valence-electron chi connectivity index (χ0n) is 23.7. The van der Waals surface area contributed by atoms with E-state index in [4.69, 9.17) is 11.6 Å². The second kappa shape index (κ2) is 13.8. The van der Waals surface area contributed by atoms with E-state index in [2.05, 4.69) is 5.32 Å². The highest BCUT2D eigenvalue weighted by molar-refractivity contribution is 7.92. The molecule has 40 heavy (non-hydrogen) atoms. The number of sulfonamides is 1. The van der Waals surface area contributed by atoms with Crippen LogP contribution in [0.4, 0.5) is 5.69 Å².